The summed E-state index contributed by atoms with van der Waals surface area (Å²) in [5.41, 5.74) is 5.21. The highest BCUT2D eigenvalue weighted by Gasteiger charge is 2.36. The number of nitrogens with zero attached hydrogens (tertiary/aromatic N) is 2. The minimum absolute atomic E-state index is 0.0425. The second kappa shape index (κ2) is 7.13. The number of anilines is 2. The minimum atomic E-state index is -0.179. The fraction of sp³-hybridized carbons (Fsp3) is 0.292. The molecule has 0 bridgehead atoms. The highest BCUT2D eigenvalue weighted by molar-refractivity contribution is 6.02. The number of aryl methyl sites for hydroxylation is 1. The average Bonchev–Trinajstić information content (AvgIpc) is 3.48. The highest BCUT2D eigenvalue weighted by atomic mass is 16.5. The molecule has 1 aromatic carbocycles. The van der Waals surface area contributed by atoms with Gasteiger partial charge in [0.25, 0.3) is 0 Å². The van der Waals surface area contributed by atoms with E-state index in [-0.39, 0.29) is 17.4 Å². The van der Waals surface area contributed by atoms with Gasteiger partial charge in [0.15, 0.2) is 0 Å². The van der Waals surface area contributed by atoms with E-state index in [0.717, 1.165) is 53.0 Å². The Bertz CT molecular complexity index is 1210. The first-order chi connectivity index (χ1) is 14.5. The maximum Gasteiger partial charge on any atom is 0.248 e. The molecule has 1 fully saturated rings. The molecule has 0 atom stereocenters. The van der Waals surface area contributed by atoms with E-state index in [1.165, 1.54) is 0 Å². The van der Waals surface area contributed by atoms with Crippen molar-refractivity contribution in [1.82, 2.24) is 9.97 Å². The summed E-state index contributed by atoms with van der Waals surface area (Å²) in [6, 6.07) is 11.2. The van der Waals surface area contributed by atoms with Gasteiger partial charge in [-0.1, -0.05) is 0 Å². The molecule has 0 spiro atoms. The van der Waals surface area contributed by atoms with E-state index in [1.54, 1.807) is 17.2 Å². The molecule has 5 rings (SSSR count). The molecule has 1 aliphatic carbocycles. The van der Waals surface area contributed by atoms with Crippen LogP contribution in [0.2, 0.25) is 0 Å². The van der Waals surface area contributed by atoms with E-state index in [0.29, 0.717) is 18.1 Å². The zero-order valence-corrected chi connectivity index (χ0v) is 17.1. The van der Waals surface area contributed by atoms with Crippen LogP contribution >= 0.6 is 0 Å². The lowest BCUT2D eigenvalue weighted by molar-refractivity contribution is -0.119. The van der Waals surface area contributed by atoms with Crippen LogP contribution in [0.4, 0.5) is 11.5 Å². The largest absolute Gasteiger partial charge is 0.493 e. The van der Waals surface area contributed by atoms with Crippen LogP contribution in [-0.4, -0.2) is 22.5 Å². The lowest BCUT2D eigenvalue weighted by atomic mass is 10.0. The normalized spacial score (nSPS) is 14.9. The number of fused-ring (bicyclic) bond motifs is 1. The summed E-state index contributed by atoms with van der Waals surface area (Å²) < 4.78 is 5.63. The van der Waals surface area contributed by atoms with E-state index < -0.39 is 0 Å². The van der Waals surface area contributed by atoms with Gasteiger partial charge in [-0.2, -0.15) is 0 Å². The number of pyridine rings is 2. The van der Waals surface area contributed by atoms with Gasteiger partial charge < -0.3 is 9.72 Å². The number of nitrogens with one attached hydrogen (secondary N) is 1. The molecule has 152 valence electrons. The number of hydrogen-bond acceptors (Lipinski definition) is 4. The maximum absolute atomic E-state index is 13.3. The Balaban J connectivity index is 1.66. The van der Waals surface area contributed by atoms with Crippen molar-refractivity contribution in [3.8, 4) is 17.0 Å². The summed E-state index contributed by atoms with van der Waals surface area (Å²) in [4.78, 5) is 34.4. The molecular formula is C24H23N3O3. The van der Waals surface area contributed by atoms with Gasteiger partial charge in [-0.05, 0) is 73.7 Å². The molecule has 0 unspecified atom stereocenters. The number of H-pyrrole nitrogens is 1. The third kappa shape index (κ3) is 3.28. The number of amides is 1. The van der Waals surface area contributed by atoms with Gasteiger partial charge in [0.2, 0.25) is 11.5 Å². The number of aromatic amines is 1. The van der Waals surface area contributed by atoms with E-state index in [9.17, 15) is 9.59 Å². The van der Waals surface area contributed by atoms with Crippen LogP contribution < -0.4 is 15.2 Å². The van der Waals surface area contributed by atoms with Crippen molar-refractivity contribution < 1.29 is 9.53 Å². The molecule has 3 aromatic rings. The number of hydrogen-bond donors (Lipinski definition) is 1. The number of ether oxygens (including phenoxy) is 1. The molecule has 6 nitrogen and oxygen atoms in total. The van der Waals surface area contributed by atoms with E-state index in [2.05, 4.69) is 4.98 Å². The Kier molecular flexibility index (Phi) is 4.42. The molecule has 0 saturated heterocycles. The van der Waals surface area contributed by atoms with Crippen LogP contribution in [0.15, 0.2) is 47.4 Å². The Labute approximate surface area is 174 Å². The summed E-state index contributed by atoms with van der Waals surface area (Å²) in [6.07, 6.45) is 4.28. The molecule has 1 aliphatic heterocycles. The van der Waals surface area contributed by atoms with Crippen LogP contribution in [0.3, 0.4) is 0 Å². The second-order valence-electron chi connectivity index (χ2n) is 8.05. The number of carbonyl (C=O) groups excluding carboxylic acids is 1. The van der Waals surface area contributed by atoms with Gasteiger partial charge >= 0.3 is 0 Å². The predicted octanol–water partition coefficient (Wildman–Crippen LogP) is 4.06. The Morgan fingerprint density at radius 3 is 2.77 bits per heavy atom. The number of benzene rings is 1. The molecule has 2 aliphatic rings. The van der Waals surface area contributed by atoms with Gasteiger partial charge in [0.05, 0.1) is 18.0 Å². The van der Waals surface area contributed by atoms with Crippen molar-refractivity contribution in [3.05, 3.63) is 69.6 Å². The average molecular weight is 401 g/mol. The molecular weight excluding hydrogens is 378 g/mol. The van der Waals surface area contributed by atoms with Crippen LogP contribution in [0, 0.1) is 19.8 Å². The Hall–Kier alpha value is -3.41. The third-order valence-corrected chi connectivity index (χ3v) is 5.87. The maximum atomic E-state index is 13.3. The predicted molar refractivity (Wildman–Crippen MR) is 115 cm³/mol. The monoisotopic (exact) mass is 401 g/mol. The van der Waals surface area contributed by atoms with Gasteiger partial charge in [0, 0.05) is 30.2 Å². The second-order valence-corrected chi connectivity index (χ2v) is 8.05. The van der Waals surface area contributed by atoms with E-state index in [4.69, 9.17) is 9.72 Å². The molecule has 1 N–H and O–H groups in total. The number of rotatable bonds is 4. The topological polar surface area (TPSA) is 75.3 Å². The smallest absolute Gasteiger partial charge is 0.248 e. The molecule has 1 saturated carbocycles. The summed E-state index contributed by atoms with van der Waals surface area (Å²) in [5, 5.41) is 0. The molecule has 2 aromatic heterocycles. The quantitative estimate of drug-likeness (QED) is 0.715. The van der Waals surface area contributed by atoms with Crippen molar-refractivity contribution >= 4 is 17.4 Å². The van der Waals surface area contributed by atoms with E-state index >= 15 is 0 Å². The zero-order valence-electron chi connectivity index (χ0n) is 17.1. The van der Waals surface area contributed by atoms with Crippen LogP contribution in [0.5, 0.6) is 5.75 Å². The first-order valence-electron chi connectivity index (χ1n) is 10.3. The summed E-state index contributed by atoms with van der Waals surface area (Å²) >= 11 is 0. The summed E-state index contributed by atoms with van der Waals surface area (Å²) in [6.45, 7) is 4.67. The lowest BCUT2D eigenvalue weighted by Crippen LogP contribution is -2.28. The SMILES string of the molecule is Cc1cc(N(C(=O)C2CC2)c2ccc3c(c2)CCO3)nc(-c2cc[nH]c(=O)c2)c1C. The molecule has 0 radical (unpaired) electrons. The van der Waals surface area contributed by atoms with Crippen molar-refractivity contribution in [1.29, 1.82) is 0 Å². The Morgan fingerprint density at radius 2 is 2.00 bits per heavy atom. The van der Waals surface area contributed by atoms with Crippen molar-refractivity contribution in [3.63, 3.8) is 0 Å². The highest BCUT2D eigenvalue weighted by Crippen LogP contribution is 2.39. The van der Waals surface area contributed by atoms with Gasteiger partial charge in [-0.25, -0.2) is 4.98 Å². The van der Waals surface area contributed by atoms with Gasteiger partial charge in [0.1, 0.15) is 11.6 Å². The summed E-state index contributed by atoms with van der Waals surface area (Å²) in [5.74, 6) is 1.58. The molecule has 3 heterocycles. The van der Waals surface area contributed by atoms with Gasteiger partial charge in [-0.3, -0.25) is 14.5 Å². The zero-order chi connectivity index (χ0) is 20.8. The molecule has 30 heavy (non-hydrogen) atoms. The number of aromatic nitrogens is 2. The fourth-order valence-corrected chi connectivity index (χ4v) is 3.90. The van der Waals surface area contributed by atoms with Crippen molar-refractivity contribution in [2.45, 2.75) is 33.1 Å². The summed E-state index contributed by atoms with van der Waals surface area (Å²) in [7, 11) is 0. The lowest BCUT2D eigenvalue weighted by Gasteiger charge is -2.24. The Morgan fingerprint density at radius 1 is 1.17 bits per heavy atom. The first-order valence-corrected chi connectivity index (χ1v) is 10.3. The fourth-order valence-electron chi connectivity index (χ4n) is 3.90. The van der Waals surface area contributed by atoms with Crippen molar-refractivity contribution in [2.75, 3.05) is 11.5 Å². The third-order valence-electron chi connectivity index (χ3n) is 5.87. The van der Waals surface area contributed by atoms with Gasteiger partial charge in [-0.15, -0.1) is 0 Å². The van der Waals surface area contributed by atoms with Crippen LogP contribution in [-0.2, 0) is 11.2 Å². The first kappa shape index (κ1) is 18.6. The number of carbonyl (C=O) groups is 1. The van der Waals surface area contributed by atoms with E-state index in [1.807, 2.05) is 44.2 Å². The minimum Gasteiger partial charge on any atom is -0.493 e. The van der Waals surface area contributed by atoms with Crippen LogP contribution in [0.1, 0.15) is 29.5 Å². The molecule has 6 heteroatoms. The standard InChI is InChI=1S/C24H23N3O3/c1-14-11-21(26-23(15(14)2)18-7-9-25-22(28)13-18)27(24(29)16-3-4-16)19-5-6-20-17(12-19)8-10-30-20/h5-7,9,11-13,16H,3-4,8,10H2,1-2H3,(H,25,28). The van der Waals surface area contributed by atoms with Crippen LogP contribution in [0.25, 0.3) is 11.3 Å². The molecule has 1 amide bonds. The van der Waals surface area contributed by atoms with Crippen molar-refractivity contribution in [2.24, 2.45) is 5.92 Å².